The van der Waals surface area contributed by atoms with Crippen LogP contribution in [0.5, 0.6) is 0 Å². The van der Waals surface area contributed by atoms with E-state index in [1.54, 1.807) is 0 Å². The standard InChI is InChI=1S/C16H24/c1-4-6-7-15(5-2)12-13-16-10-8-14(3)9-11-16/h8-13,15H,4-7H2,1-3H3/b13-12+. The summed E-state index contributed by atoms with van der Waals surface area (Å²) in [5, 5.41) is 0. The highest BCUT2D eigenvalue weighted by molar-refractivity contribution is 5.49. The number of allylic oxidation sites excluding steroid dienone is 1. The van der Waals surface area contributed by atoms with Crippen LogP contribution >= 0.6 is 0 Å². The summed E-state index contributed by atoms with van der Waals surface area (Å²) >= 11 is 0. The summed E-state index contributed by atoms with van der Waals surface area (Å²) in [5.41, 5.74) is 2.65. The topological polar surface area (TPSA) is 0 Å². The van der Waals surface area contributed by atoms with Gasteiger partial charge in [0.15, 0.2) is 0 Å². The molecule has 0 aliphatic carbocycles. The van der Waals surface area contributed by atoms with Crippen LogP contribution in [-0.4, -0.2) is 0 Å². The summed E-state index contributed by atoms with van der Waals surface area (Å²) in [7, 11) is 0. The van der Waals surface area contributed by atoms with Gasteiger partial charge in [0.05, 0.1) is 0 Å². The summed E-state index contributed by atoms with van der Waals surface area (Å²) in [5.74, 6) is 0.751. The minimum atomic E-state index is 0.751. The molecule has 0 fully saturated rings. The van der Waals surface area contributed by atoms with E-state index >= 15 is 0 Å². The molecule has 0 spiro atoms. The van der Waals surface area contributed by atoms with Gasteiger partial charge in [-0.05, 0) is 31.2 Å². The third-order valence-electron chi connectivity index (χ3n) is 3.09. The van der Waals surface area contributed by atoms with Gasteiger partial charge in [-0.15, -0.1) is 0 Å². The van der Waals surface area contributed by atoms with Gasteiger partial charge in [-0.3, -0.25) is 0 Å². The average molecular weight is 216 g/mol. The van der Waals surface area contributed by atoms with E-state index in [4.69, 9.17) is 0 Å². The fourth-order valence-electron chi connectivity index (χ4n) is 1.83. The molecule has 0 aliphatic rings. The number of hydrogen-bond donors (Lipinski definition) is 0. The van der Waals surface area contributed by atoms with Crippen LogP contribution in [0.3, 0.4) is 0 Å². The molecule has 0 amide bonds. The first kappa shape index (κ1) is 13.0. The fourth-order valence-corrected chi connectivity index (χ4v) is 1.83. The largest absolute Gasteiger partial charge is 0.0808 e. The minimum Gasteiger partial charge on any atom is -0.0808 e. The Hall–Kier alpha value is -1.04. The van der Waals surface area contributed by atoms with Crippen LogP contribution in [0.1, 0.15) is 50.7 Å². The molecule has 0 N–H and O–H groups in total. The van der Waals surface area contributed by atoms with Crippen LogP contribution in [0.2, 0.25) is 0 Å². The number of rotatable bonds is 6. The lowest BCUT2D eigenvalue weighted by Gasteiger charge is -2.08. The number of aryl methyl sites for hydroxylation is 1. The molecule has 0 aromatic heterocycles. The van der Waals surface area contributed by atoms with Crippen LogP contribution in [-0.2, 0) is 0 Å². The first-order chi connectivity index (χ1) is 7.76. The molecule has 0 saturated carbocycles. The summed E-state index contributed by atoms with van der Waals surface area (Å²) < 4.78 is 0. The zero-order valence-electron chi connectivity index (χ0n) is 10.9. The van der Waals surface area contributed by atoms with Gasteiger partial charge in [0.25, 0.3) is 0 Å². The molecule has 0 saturated heterocycles. The molecule has 0 nitrogen and oxygen atoms in total. The summed E-state index contributed by atoms with van der Waals surface area (Å²) in [6.07, 6.45) is 9.87. The second-order valence-corrected chi connectivity index (χ2v) is 4.58. The Morgan fingerprint density at radius 1 is 1.12 bits per heavy atom. The van der Waals surface area contributed by atoms with Crippen molar-refractivity contribution < 1.29 is 0 Å². The zero-order valence-corrected chi connectivity index (χ0v) is 10.9. The molecule has 0 heterocycles. The van der Waals surface area contributed by atoms with Gasteiger partial charge in [0, 0.05) is 0 Å². The van der Waals surface area contributed by atoms with Crippen molar-refractivity contribution in [1.82, 2.24) is 0 Å². The van der Waals surface area contributed by atoms with Crippen molar-refractivity contribution in [3.63, 3.8) is 0 Å². The lowest BCUT2D eigenvalue weighted by Crippen LogP contribution is -1.93. The second-order valence-electron chi connectivity index (χ2n) is 4.58. The number of benzene rings is 1. The molecule has 1 aromatic rings. The quantitative estimate of drug-likeness (QED) is 0.611. The lowest BCUT2D eigenvalue weighted by atomic mass is 9.98. The molecule has 0 aliphatic heterocycles. The maximum absolute atomic E-state index is 2.38. The van der Waals surface area contributed by atoms with E-state index in [9.17, 15) is 0 Å². The van der Waals surface area contributed by atoms with Gasteiger partial charge in [-0.2, -0.15) is 0 Å². The summed E-state index contributed by atoms with van der Waals surface area (Å²) in [6.45, 7) is 6.67. The monoisotopic (exact) mass is 216 g/mol. The Labute approximate surface area is 100 Å². The Kier molecular flexibility index (Phi) is 5.92. The molecular weight excluding hydrogens is 192 g/mol. The highest BCUT2D eigenvalue weighted by Crippen LogP contribution is 2.16. The second kappa shape index (κ2) is 7.27. The van der Waals surface area contributed by atoms with E-state index in [-0.39, 0.29) is 0 Å². The fraction of sp³-hybridized carbons (Fsp3) is 0.500. The molecule has 1 rings (SSSR count). The van der Waals surface area contributed by atoms with Crippen LogP contribution in [0.4, 0.5) is 0 Å². The Balaban J connectivity index is 2.53. The minimum absolute atomic E-state index is 0.751. The van der Waals surface area contributed by atoms with E-state index in [1.807, 2.05) is 0 Å². The van der Waals surface area contributed by atoms with Crippen LogP contribution in [0, 0.1) is 12.8 Å². The average Bonchev–Trinajstić information content (AvgIpc) is 2.32. The molecule has 1 aromatic carbocycles. The number of hydrogen-bond acceptors (Lipinski definition) is 0. The predicted octanol–water partition coefficient (Wildman–Crippen LogP) is 5.22. The molecular formula is C16H24. The molecule has 88 valence electrons. The normalized spacial score (nSPS) is 13.2. The van der Waals surface area contributed by atoms with E-state index in [2.05, 4.69) is 57.2 Å². The van der Waals surface area contributed by atoms with Crippen LogP contribution in [0.25, 0.3) is 6.08 Å². The van der Waals surface area contributed by atoms with Crippen molar-refractivity contribution in [2.24, 2.45) is 5.92 Å². The van der Waals surface area contributed by atoms with Gasteiger partial charge in [0.2, 0.25) is 0 Å². The molecule has 0 bridgehead atoms. The first-order valence-electron chi connectivity index (χ1n) is 6.51. The van der Waals surface area contributed by atoms with Crippen LogP contribution in [0.15, 0.2) is 30.3 Å². The van der Waals surface area contributed by atoms with E-state index < -0.39 is 0 Å². The molecule has 1 unspecified atom stereocenters. The molecule has 0 radical (unpaired) electrons. The van der Waals surface area contributed by atoms with Gasteiger partial charge in [0.1, 0.15) is 0 Å². The Bertz CT molecular complexity index is 305. The highest BCUT2D eigenvalue weighted by Gasteiger charge is 2.00. The van der Waals surface area contributed by atoms with Gasteiger partial charge >= 0.3 is 0 Å². The molecule has 0 heteroatoms. The van der Waals surface area contributed by atoms with Crippen LogP contribution < -0.4 is 0 Å². The summed E-state index contributed by atoms with van der Waals surface area (Å²) in [4.78, 5) is 0. The smallest absolute Gasteiger partial charge is 0.0233 e. The molecule has 1 atom stereocenters. The first-order valence-corrected chi connectivity index (χ1v) is 6.51. The Morgan fingerprint density at radius 2 is 1.81 bits per heavy atom. The maximum atomic E-state index is 2.38. The van der Waals surface area contributed by atoms with Crippen molar-refractivity contribution in [3.8, 4) is 0 Å². The third-order valence-corrected chi connectivity index (χ3v) is 3.09. The predicted molar refractivity (Wildman–Crippen MR) is 73.5 cm³/mol. The van der Waals surface area contributed by atoms with Crippen molar-refractivity contribution in [3.05, 3.63) is 41.5 Å². The van der Waals surface area contributed by atoms with Crippen molar-refractivity contribution in [2.75, 3.05) is 0 Å². The third kappa shape index (κ3) is 4.65. The molecule has 16 heavy (non-hydrogen) atoms. The van der Waals surface area contributed by atoms with E-state index in [1.165, 1.54) is 36.8 Å². The SMILES string of the molecule is CCCCC(/C=C/c1ccc(C)cc1)CC. The highest BCUT2D eigenvalue weighted by atomic mass is 14.1. The Morgan fingerprint density at radius 3 is 2.38 bits per heavy atom. The maximum Gasteiger partial charge on any atom is -0.0233 e. The van der Waals surface area contributed by atoms with E-state index in [0.717, 1.165) is 5.92 Å². The van der Waals surface area contributed by atoms with Gasteiger partial charge in [-0.25, -0.2) is 0 Å². The van der Waals surface area contributed by atoms with Crippen molar-refractivity contribution >= 4 is 6.08 Å². The number of unbranched alkanes of at least 4 members (excludes halogenated alkanes) is 1. The van der Waals surface area contributed by atoms with Gasteiger partial charge in [-0.1, -0.05) is 68.7 Å². The lowest BCUT2D eigenvalue weighted by molar-refractivity contribution is 0.542. The van der Waals surface area contributed by atoms with Crippen molar-refractivity contribution in [1.29, 1.82) is 0 Å². The summed E-state index contributed by atoms with van der Waals surface area (Å²) in [6, 6.07) is 8.73. The zero-order chi connectivity index (χ0) is 11.8. The van der Waals surface area contributed by atoms with Crippen molar-refractivity contribution in [2.45, 2.75) is 46.5 Å². The van der Waals surface area contributed by atoms with Gasteiger partial charge < -0.3 is 0 Å². The van der Waals surface area contributed by atoms with E-state index in [0.29, 0.717) is 0 Å².